The third kappa shape index (κ3) is 2.01. The first-order valence-electron chi connectivity index (χ1n) is 6.14. The average Bonchev–Trinajstić information content (AvgIpc) is 2.87. The summed E-state index contributed by atoms with van der Waals surface area (Å²) in [7, 11) is 0. The Labute approximate surface area is 105 Å². The van der Waals surface area contributed by atoms with Gasteiger partial charge in [0.1, 0.15) is 6.10 Å². The molecule has 0 fully saturated rings. The van der Waals surface area contributed by atoms with E-state index in [1.165, 1.54) is 0 Å². The number of aromatic amines is 1. The molecule has 1 unspecified atom stereocenters. The van der Waals surface area contributed by atoms with Gasteiger partial charge in [0.25, 0.3) is 0 Å². The van der Waals surface area contributed by atoms with E-state index in [9.17, 15) is 4.79 Å². The topological polar surface area (TPSA) is 55.0 Å². The normalized spacial score (nSPS) is 19.0. The van der Waals surface area contributed by atoms with Crippen molar-refractivity contribution in [1.82, 2.24) is 10.2 Å². The minimum atomic E-state index is -0.279. The standard InChI is InChI=1S/C14H14N2O2/c17-14(18-10-5-2-1-3-6-10)11-7-4-8-13-12(11)9-15-16-13/h2,4-5,7-10H,1,3,6H2,(H,15,16). The second-order valence-electron chi connectivity index (χ2n) is 4.44. The molecular formula is C14H14N2O2. The van der Waals surface area contributed by atoms with Crippen molar-refractivity contribution in [1.29, 1.82) is 0 Å². The smallest absolute Gasteiger partial charge is 0.339 e. The number of nitrogens with zero attached hydrogens (tertiary/aromatic N) is 1. The number of fused-ring (bicyclic) bond motifs is 1. The van der Waals surface area contributed by atoms with Crippen molar-refractivity contribution < 1.29 is 9.53 Å². The molecule has 1 atom stereocenters. The predicted molar refractivity (Wildman–Crippen MR) is 68.3 cm³/mol. The maximum atomic E-state index is 12.1. The lowest BCUT2D eigenvalue weighted by atomic mass is 10.1. The van der Waals surface area contributed by atoms with E-state index in [0.717, 1.165) is 30.2 Å². The summed E-state index contributed by atoms with van der Waals surface area (Å²) in [5, 5.41) is 7.60. The SMILES string of the molecule is O=C(OC1C=CCCC1)c1cccc2[nH]ncc12. The van der Waals surface area contributed by atoms with Crippen LogP contribution in [0, 0.1) is 0 Å². The summed E-state index contributed by atoms with van der Waals surface area (Å²) < 4.78 is 5.49. The lowest BCUT2D eigenvalue weighted by molar-refractivity contribution is 0.0372. The fourth-order valence-electron chi connectivity index (χ4n) is 2.23. The summed E-state index contributed by atoms with van der Waals surface area (Å²) in [6.45, 7) is 0. The van der Waals surface area contributed by atoms with E-state index in [4.69, 9.17) is 4.74 Å². The molecule has 0 saturated heterocycles. The summed E-state index contributed by atoms with van der Waals surface area (Å²) >= 11 is 0. The Morgan fingerprint density at radius 1 is 1.44 bits per heavy atom. The van der Waals surface area contributed by atoms with E-state index in [1.807, 2.05) is 18.2 Å². The van der Waals surface area contributed by atoms with Gasteiger partial charge in [-0.1, -0.05) is 12.1 Å². The van der Waals surface area contributed by atoms with E-state index in [0.29, 0.717) is 5.56 Å². The largest absolute Gasteiger partial charge is 0.455 e. The minimum absolute atomic E-state index is 0.0894. The molecule has 0 saturated carbocycles. The number of hydrogen-bond donors (Lipinski definition) is 1. The van der Waals surface area contributed by atoms with Crippen LogP contribution in [0.1, 0.15) is 29.6 Å². The van der Waals surface area contributed by atoms with Crippen molar-refractivity contribution in [2.45, 2.75) is 25.4 Å². The molecule has 92 valence electrons. The number of H-pyrrole nitrogens is 1. The van der Waals surface area contributed by atoms with Crippen LogP contribution in [-0.4, -0.2) is 22.3 Å². The summed E-state index contributed by atoms with van der Waals surface area (Å²) in [6.07, 6.45) is 8.66. The zero-order chi connectivity index (χ0) is 12.4. The van der Waals surface area contributed by atoms with Gasteiger partial charge in [0, 0.05) is 5.39 Å². The first kappa shape index (κ1) is 11.0. The van der Waals surface area contributed by atoms with Crippen molar-refractivity contribution in [3.63, 3.8) is 0 Å². The van der Waals surface area contributed by atoms with E-state index >= 15 is 0 Å². The number of benzene rings is 1. The van der Waals surface area contributed by atoms with Gasteiger partial charge in [-0.3, -0.25) is 5.10 Å². The zero-order valence-electron chi connectivity index (χ0n) is 9.93. The van der Waals surface area contributed by atoms with Gasteiger partial charge in [0.15, 0.2) is 0 Å². The number of aromatic nitrogens is 2. The Morgan fingerprint density at radius 2 is 2.39 bits per heavy atom. The van der Waals surface area contributed by atoms with Gasteiger partial charge in [-0.2, -0.15) is 5.10 Å². The average molecular weight is 242 g/mol. The number of nitrogens with one attached hydrogen (secondary N) is 1. The van der Waals surface area contributed by atoms with Gasteiger partial charge in [-0.15, -0.1) is 0 Å². The Kier molecular flexibility index (Phi) is 2.84. The molecule has 4 nitrogen and oxygen atoms in total. The summed E-state index contributed by atoms with van der Waals surface area (Å²) in [4.78, 5) is 12.1. The number of esters is 1. The van der Waals surface area contributed by atoms with Crippen molar-refractivity contribution in [3.05, 3.63) is 42.1 Å². The van der Waals surface area contributed by atoms with E-state index in [2.05, 4.69) is 16.3 Å². The van der Waals surface area contributed by atoms with Crippen LogP contribution >= 0.6 is 0 Å². The second kappa shape index (κ2) is 4.64. The van der Waals surface area contributed by atoms with Crippen LogP contribution in [0.4, 0.5) is 0 Å². The molecule has 1 aromatic carbocycles. The third-order valence-corrected chi connectivity index (χ3v) is 3.17. The van der Waals surface area contributed by atoms with Crippen molar-refractivity contribution in [2.75, 3.05) is 0 Å². The maximum absolute atomic E-state index is 12.1. The molecule has 0 amide bonds. The molecule has 2 aromatic rings. The molecule has 1 heterocycles. The summed E-state index contributed by atoms with van der Waals surface area (Å²) in [5.41, 5.74) is 1.42. The van der Waals surface area contributed by atoms with Crippen LogP contribution in [0.15, 0.2) is 36.5 Å². The van der Waals surface area contributed by atoms with Crippen molar-refractivity contribution in [2.24, 2.45) is 0 Å². The van der Waals surface area contributed by atoms with E-state index in [1.54, 1.807) is 12.3 Å². The minimum Gasteiger partial charge on any atom is -0.455 e. The van der Waals surface area contributed by atoms with Gasteiger partial charge in [0.2, 0.25) is 0 Å². The van der Waals surface area contributed by atoms with Gasteiger partial charge >= 0.3 is 5.97 Å². The van der Waals surface area contributed by atoms with E-state index in [-0.39, 0.29) is 12.1 Å². The van der Waals surface area contributed by atoms with Gasteiger partial charge in [-0.25, -0.2) is 4.79 Å². The first-order chi connectivity index (χ1) is 8.84. The maximum Gasteiger partial charge on any atom is 0.339 e. The van der Waals surface area contributed by atoms with Crippen molar-refractivity contribution >= 4 is 16.9 Å². The lowest BCUT2D eigenvalue weighted by Crippen LogP contribution is -2.18. The molecule has 1 N–H and O–H groups in total. The highest BCUT2D eigenvalue weighted by Crippen LogP contribution is 2.20. The van der Waals surface area contributed by atoms with Crippen molar-refractivity contribution in [3.8, 4) is 0 Å². The van der Waals surface area contributed by atoms with Gasteiger partial charge < -0.3 is 4.74 Å². The van der Waals surface area contributed by atoms with Crippen LogP contribution in [0.25, 0.3) is 10.9 Å². The Morgan fingerprint density at radius 3 is 3.22 bits per heavy atom. The first-order valence-corrected chi connectivity index (χ1v) is 6.14. The fraction of sp³-hybridized carbons (Fsp3) is 0.286. The quantitative estimate of drug-likeness (QED) is 0.650. The van der Waals surface area contributed by atoms with Crippen LogP contribution in [0.5, 0.6) is 0 Å². The molecule has 4 heteroatoms. The van der Waals surface area contributed by atoms with Crippen LogP contribution in [0.2, 0.25) is 0 Å². The lowest BCUT2D eigenvalue weighted by Gasteiger charge is -2.17. The Balaban J connectivity index is 1.85. The fourth-order valence-corrected chi connectivity index (χ4v) is 2.23. The Bertz CT molecular complexity index is 601. The van der Waals surface area contributed by atoms with Crippen LogP contribution < -0.4 is 0 Å². The zero-order valence-corrected chi connectivity index (χ0v) is 9.93. The molecule has 0 aliphatic heterocycles. The summed E-state index contributed by atoms with van der Waals surface area (Å²) in [5.74, 6) is -0.279. The monoisotopic (exact) mass is 242 g/mol. The molecule has 0 spiro atoms. The van der Waals surface area contributed by atoms with Crippen LogP contribution in [-0.2, 0) is 4.74 Å². The molecule has 18 heavy (non-hydrogen) atoms. The molecular weight excluding hydrogens is 228 g/mol. The molecule has 1 aliphatic carbocycles. The third-order valence-electron chi connectivity index (χ3n) is 3.17. The number of carbonyl (C=O) groups excluding carboxylic acids is 1. The van der Waals surface area contributed by atoms with E-state index < -0.39 is 0 Å². The summed E-state index contributed by atoms with van der Waals surface area (Å²) in [6, 6.07) is 5.49. The van der Waals surface area contributed by atoms with Gasteiger partial charge in [-0.05, 0) is 37.5 Å². The number of rotatable bonds is 2. The highest BCUT2D eigenvalue weighted by atomic mass is 16.5. The molecule has 0 bridgehead atoms. The Hall–Kier alpha value is -2.10. The highest BCUT2D eigenvalue weighted by Gasteiger charge is 2.17. The molecule has 1 aliphatic rings. The highest BCUT2D eigenvalue weighted by molar-refractivity contribution is 6.03. The molecule has 3 rings (SSSR count). The molecule has 1 aromatic heterocycles. The number of carbonyl (C=O) groups is 1. The number of ether oxygens (including phenoxy) is 1. The second-order valence-corrected chi connectivity index (χ2v) is 4.44. The number of hydrogen-bond acceptors (Lipinski definition) is 3. The predicted octanol–water partition coefficient (Wildman–Crippen LogP) is 2.83. The number of allylic oxidation sites excluding steroid dienone is 1. The van der Waals surface area contributed by atoms with Gasteiger partial charge in [0.05, 0.1) is 17.3 Å². The van der Waals surface area contributed by atoms with Crippen LogP contribution in [0.3, 0.4) is 0 Å². The molecule has 0 radical (unpaired) electrons.